The summed E-state index contributed by atoms with van der Waals surface area (Å²) in [5.74, 6) is 2.18. The van der Waals surface area contributed by atoms with E-state index in [0.29, 0.717) is 17.2 Å². The summed E-state index contributed by atoms with van der Waals surface area (Å²) in [5, 5.41) is 14.4. The van der Waals surface area contributed by atoms with E-state index in [2.05, 4.69) is 30.9 Å². The maximum absolute atomic E-state index is 11.0. The summed E-state index contributed by atoms with van der Waals surface area (Å²) in [6.45, 7) is 5.49. The fourth-order valence-electron chi connectivity index (χ4n) is 3.48. The van der Waals surface area contributed by atoms with Crippen molar-refractivity contribution in [3.05, 3.63) is 76.2 Å². The number of hydrogen-bond donors (Lipinski definition) is 1. The van der Waals surface area contributed by atoms with Crippen LogP contribution in [0.15, 0.2) is 54.6 Å². The number of para-hydroxylation sites is 2. The summed E-state index contributed by atoms with van der Waals surface area (Å²) in [4.78, 5) is 24.2. The lowest BCUT2D eigenvalue weighted by Gasteiger charge is -2.10. The quantitative estimate of drug-likeness (QED) is 0.277. The molecule has 0 aliphatic rings. The van der Waals surface area contributed by atoms with E-state index in [-0.39, 0.29) is 5.69 Å². The molecule has 0 atom stereocenters. The summed E-state index contributed by atoms with van der Waals surface area (Å²) < 4.78 is 2.22. The number of hydrogen-bond acceptors (Lipinski definition) is 6. The van der Waals surface area contributed by atoms with Crippen molar-refractivity contribution in [1.29, 1.82) is 0 Å². The molecule has 2 aromatic heterocycles. The van der Waals surface area contributed by atoms with Crippen molar-refractivity contribution in [3.8, 4) is 11.4 Å². The molecule has 0 fully saturated rings. The van der Waals surface area contributed by atoms with E-state index in [9.17, 15) is 10.1 Å². The van der Waals surface area contributed by atoms with Crippen molar-refractivity contribution < 1.29 is 4.92 Å². The van der Waals surface area contributed by atoms with Gasteiger partial charge in [-0.3, -0.25) is 10.1 Å². The molecule has 0 bridgehead atoms. The molecule has 0 saturated heterocycles. The minimum Gasteiger partial charge on any atom is -0.370 e. The van der Waals surface area contributed by atoms with Gasteiger partial charge in [-0.2, -0.15) is 0 Å². The van der Waals surface area contributed by atoms with Crippen molar-refractivity contribution in [2.24, 2.45) is 0 Å². The molecular formula is C22H22N6O2. The monoisotopic (exact) mass is 402 g/mol. The molecule has 0 aliphatic carbocycles. The molecule has 30 heavy (non-hydrogen) atoms. The number of imidazole rings is 1. The van der Waals surface area contributed by atoms with Crippen molar-refractivity contribution in [2.45, 2.75) is 26.8 Å². The number of anilines is 1. The Labute approximate surface area is 173 Å². The molecule has 0 radical (unpaired) electrons. The van der Waals surface area contributed by atoms with Gasteiger partial charge in [-0.25, -0.2) is 15.0 Å². The van der Waals surface area contributed by atoms with Gasteiger partial charge in [-0.15, -0.1) is 0 Å². The first kappa shape index (κ1) is 19.5. The lowest BCUT2D eigenvalue weighted by molar-refractivity contribution is -0.384. The average Bonchev–Trinajstić information content (AvgIpc) is 3.06. The zero-order valence-corrected chi connectivity index (χ0v) is 16.9. The number of aryl methyl sites for hydroxylation is 3. The Kier molecular flexibility index (Phi) is 5.38. The van der Waals surface area contributed by atoms with Crippen molar-refractivity contribution in [1.82, 2.24) is 19.5 Å². The van der Waals surface area contributed by atoms with Crippen molar-refractivity contribution >= 4 is 22.5 Å². The molecule has 4 rings (SSSR count). The zero-order chi connectivity index (χ0) is 21.1. The molecule has 8 nitrogen and oxygen atoms in total. The summed E-state index contributed by atoms with van der Waals surface area (Å²) in [6, 6.07) is 16.4. The molecular weight excluding hydrogens is 380 g/mol. The number of nitro groups is 1. The Morgan fingerprint density at radius 2 is 1.87 bits per heavy atom. The highest BCUT2D eigenvalue weighted by molar-refractivity contribution is 5.75. The number of non-ortho nitro benzene ring substituents is 1. The second-order valence-electron chi connectivity index (χ2n) is 7.11. The van der Waals surface area contributed by atoms with Gasteiger partial charge >= 0.3 is 0 Å². The molecule has 1 N–H and O–H groups in total. The van der Waals surface area contributed by atoms with E-state index in [0.717, 1.165) is 42.1 Å². The number of rotatable bonds is 7. The fraction of sp³-hybridized carbons (Fsp3) is 0.227. The van der Waals surface area contributed by atoms with Crippen LogP contribution in [0.1, 0.15) is 17.9 Å². The van der Waals surface area contributed by atoms with Crippen molar-refractivity contribution in [3.63, 3.8) is 0 Å². The predicted octanol–water partition coefficient (Wildman–Crippen LogP) is 4.52. The standard InChI is InChI=1S/C22H22N6O2/c1-15-13-21(26-22(24-15)17-7-5-8-18(14-17)28(29)30)23-11-6-12-27-16(2)25-19-9-3-4-10-20(19)27/h3-5,7-10,13-14H,6,11-12H2,1-2H3,(H,23,24,26). The van der Waals surface area contributed by atoms with Crippen LogP contribution in [0.3, 0.4) is 0 Å². The van der Waals surface area contributed by atoms with Crippen molar-refractivity contribution in [2.75, 3.05) is 11.9 Å². The minimum absolute atomic E-state index is 0.0232. The van der Waals surface area contributed by atoms with E-state index in [4.69, 9.17) is 0 Å². The number of benzene rings is 2. The lowest BCUT2D eigenvalue weighted by Crippen LogP contribution is -2.09. The van der Waals surface area contributed by atoms with Gasteiger partial charge in [0.2, 0.25) is 0 Å². The molecule has 2 aromatic carbocycles. The SMILES string of the molecule is Cc1cc(NCCCn2c(C)nc3ccccc32)nc(-c2cccc([N+](=O)[O-])c2)n1. The Bertz CT molecular complexity index is 1220. The molecule has 2 heterocycles. The van der Waals surface area contributed by atoms with Crippen LogP contribution in [0.5, 0.6) is 0 Å². The molecule has 8 heteroatoms. The highest BCUT2D eigenvalue weighted by Crippen LogP contribution is 2.22. The fourth-order valence-corrected chi connectivity index (χ4v) is 3.48. The normalized spacial score (nSPS) is 11.0. The second kappa shape index (κ2) is 8.28. The molecule has 0 unspecified atom stereocenters. The van der Waals surface area contributed by atoms with Gasteiger partial charge in [0.25, 0.3) is 5.69 Å². The van der Waals surface area contributed by atoms with E-state index in [1.807, 2.05) is 38.1 Å². The second-order valence-corrected chi connectivity index (χ2v) is 7.11. The number of nitro benzene ring substituents is 1. The van der Waals surface area contributed by atoms with Crippen LogP contribution in [0.25, 0.3) is 22.4 Å². The van der Waals surface area contributed by atoms with Crippen LogP contribution >= 0.6 is 0 Å². The first-order valence-corrected chi connectivity index (χ1v) is 9.77. The maximum Gasteiger partial charge on any atom is 0.270 e. The largest absolute Gasteiger partial charge is 0.370 e. The Morgan fingerprint density at radius 3 is 2.70 bits per heavy atom. The summed E-state index contributed by atoms with van der Waals surface area (Å²) in [6.07, 6.45) is 0.899. The first-order valence-electron chi connectivity index (χ1n) is 9.77. The predicted molar refractivity (Wildman–Crippen MR) is 116 cm³/mol. The van der Waals surface area contributed by atoms with Gasteiger partial charge in [-0.05, 0) is 32.4 Å². The van der Waals surface area contributed by atoms with E-state index in [1.165, 1.54) is 12.1 Å². The first-order chi connectivity index (χ1) is 14.5. The van der Waals surface area contributed by atoms with Crippen LogP contribution in [0, 0.1) is 24.0 Å². The Balaban J connectivity index is 1.45. The Hall–Kier alpha value is -3.81. The lowest BCUT2D eigenvalue weighted by atomic mass is 10.2. The van der Waals surface area contributed by atoms with Gasteiger partial charge in [0.15, 0.2) is 5.82 Å². The third kappa shape index (κ3) is 4.12. The van der Waals surface area contributed by atoms with E-state index in [1.54, 1.807) is 12.1 Å². The summed E-state index contributed by atoms with van der Waals surface area (Å²) >= 11 is 0. The number of nitrogens with one attached hydrogen (secondary N) is 1. The summed E-state index contributed by atoms with van der Waals surface area (Å²) in [5.41, 5.74) is 3.59. The highest BCUT2D eigenvalue weighted by Gasteiger charge is 2.11. The van der Waals surface area contributed by atoms with Gasteiger partial charge < -0.3 is 9.88 Å². The molecule has 0 spiro atoms. The molecule has 0 aliphatic heterocycles. The smallest absolute Gasteiger partial charge is 0.270 e. The van der Waals surface area contributed by atoms with E-state index >= 15 is 0 Å². The van der Waals surface area contributed by atoms with Crippen LogP contribution in [0.4, 0.5) is 11.5 Å². The van der Waals surface area contributed by atoms with Crippen LogP contribution in [-0.4, -0.2) is 31.0 Å². The zero-order valence-electron chi connectivity index (χ0n) is 16.9. The molecule has 0 saturated carbocycles. The van der Waals surface area contributed by atoms with Crippen LogP contribution in [-0.2, 0) is 6.54 Å². The minimum atomic E-state index is -0.416. The van der Waals surface area contributed by atoms with E-state index < -0.39 is 4.92 Å². The average molecular weight is 402 g/mol. The molecule has 0 amide bonds. The number of aromatic nitrogens is 4. The van der Waals surface area contributed by atoms with Gasteiger partial charge in [0.1, 0.15) is 11.6 Å². The van der Waals surface area contributed by atoms with Crippen LogP contribution in [0.2, 0.25) is 0 Å². The van der Waals surface area contributed by atoms with Gasteiger partial charge in [0, 0.05) is 42.5 Å². The Morgan fingerprint density at radius 1 is 1.03 bits per heavy atom. The molecule has 152 valence electrons. The third-order valence-electron chi connectivity index (χ3n) is 4.88. The molecule has 4 aromatic rings. The highest BCUT2D eigenvalue weighted by atomic mass is 16.6. The van der Waals surface area contributed by atoms with Gasteiger partial charge in [-0.1, -0.05) is 24.3 Å². The van der Waals surface area contributed by atoms with Crippen LogP contribution < -0.4 is 5.32 Å². The summed E-state index contributed by atoms with van der Waals surface area (Å²) in [7, 11) is 0. The maximum atomic E-state index is 11.0. The number of nitrogens with zero attached hydrogens (tertiary/aromatic N) is 5. The topological polar surface area (TPSA) is 98.8 Å². The third-order valence-corrected chi connectivity index (χ3v) is 4.88. The number of fused-ring (bicyclic) bond motifs is 1. The van der Waals surface area contributed by atoms with Gasteiger partial charge in [0.05, 0.1) is 16.0 Å².